The first-order valence-corrected chi connectivity index (χ1v) is 10.6. The van der Waals surface area contributed by atoms with E-state index in [-0.39, 0.29) is 23.0 Å². The van der Waals surface area contributed by atoms with Crippen LogP contribution in [0.5, 0.6) is 5.75 Å². The number of aromatic nitrogens is 2. The van der Waals surface area contributed by atoms with Crippen LogP contribution < -0.4 is 10.9 Å². The van der Waals surface area contributed by atoms with E-state index in [1.54, 1.807) is 16.7 Å². The molecule has 2 heterocycles. The number of para-hydroxylation sites is 1. The molecule has 0 unspecified atom stereocenters. The number of thiophene rings is 1. The van der Waals surface area contributed by atoms with Crippen molar-refractivity contribution in [1.82, 2.24) is 9.55 Å². The van der Waals surface area contributed by atoms with Crippen molar-refractivity contribution in [2.45, 2.75) is 12.1 Å². The van der Waals surface area contributed by atoms with Gasteiger partial charge < -0.3 is 10.4 Å². The predicted octanol–water partition coefficient (Wildman–Crippen LogP) is 4.19. The van der Waals surface area contributed by atoms with Gasteiger partial charge in [0.15, 0.2) is 5.16 Å². The number of nitrogens with one attached hydrogen (secondary N) is 1. The third kappa shape index (κ3) is 4.18. The van der Waals surface area contributed by atoms with E-state index in [4.69, 9.17) is 0 Å². The number of thioether (sulfide) groups is 1. The van der Waals surface area contributed by atoms with E-state index in [0.717, 1.165) is 4.88 Å². The van der Waals surface area contributed by atoms with Crippen molar-refractivity contribution < 1.29 is 9.90 Å². The molecule has 0 bridgehead atoms. The van der Waals surface area contributed by atoms with E-state index in [9.17, 15) is 14.7 Å². The molecule has 0 aliphatic heterocycles. The van der Waals surface area contributed by atoms with Gasteiger partial charge in [-0.1, -0.05) is 30.0 Å². The Hall–Kier alpha value is -3.10. The summed E-state index contributed by atoms with van der Waals surface area (Å²) in [5, 5.41) is 13.2. The number of nitrogens with zero attached hydrogens (tertiary/aromatic N) is 2. The highest BCUT2D eigenvalue weighted by molar-refractivity contribution is 7.99. The minimum absolute atomic E-state index is 0.0933. The lowest BCUT2D eigenvalue weighted by atomic mass is 10.3. The van der Waals surface area contributed by atoms with E-state index < -0.39 is 0 Å². The van der Waals surface area contributed by atoms with Crippen LogP contribution in [0.4, 0.5) is 5.69 Å². The molecule has 2 aromatic carbocycles. The standard InChI is InChI=1S/C21H17N3O3S2/c1-13-11-17-19(29-13)23-21(24(20(17)27)15-5-3-2-4-6-15)28-12-18(26)22-14-7-9-16(25)10-8-14/h2-11,25H,12H2,1H3,(H,22,26). The number of phenols is 1. The zero-order chi connectivity index (χ0) is 20.4. The van der Waals surface area contributed by atoms with Gasteiger partial charge in [0.2, 0.25) is 5.91 Å². The topological polar surface area (TPSA) is 84.2 Å². The van der Waals surface area contributed by atoms with Crippen LogP contribution in [0.2, 0.25) is 0 Å². The Morgan fingerprint density at radius 2 is 1.90 bits per heavy atom. The summed E-state index contributed by atoms with van der Waals surface area (Å²) in [6.07, 6.45) is 0. The average molecular weight is 424 g/mol. The molecular formula is C21H17N3O3S2. The van der Waals surface area contributed by atoms with Gasteiger partial charge in [0, 0.05) is 10.6 Å². The van der Waals surface area contributed by atoms with Crippen LogP contribution in [0.15, 0.2) is 70.6 Å². The van der Waals surface area contributed by atoms with Crippen molar-refractivity contribution >= 4 is 44.9 Å². The van der Waals surface area contributed by atoms with Crippen LogP contribution in [-0.2, 0) is 4.79 Å². The van der Waals surface area contributed by atoms with E-state index in [1.807, 2.05) is 43.3 Å². The Morgan fingerprint density at radius 3 is 2.62 bits per heavy atom. The Kier molecular flexibility index (Phi) is 5.37. The molecule has 4 rings (SSSR count). The predicted molar refractivity (Wildman–Crippen MR) is 117 cm³/mol. The van der Waals surface area contributed by atoms with Crippen LogP contribution in [0.3, 0.4) is 0 Å². The van der Waals surface area contributed by atoms with Crippen LogP contribution in [0.1, 0.15) is 4.88 Å². The second-order valence-corrected chi connectivity index (χ2v) is 8.51. The van der Waals surface area contributed by atoms with Gasteiger partial charge in [-0.25, -0.2) is 4.98 Å². The lowest BCUT2D eigenvalue weighted by Crippen LogP contribution is -2.22. The van der Waals surface area contributed by atoms with E-state index >= 15 is 0 Å². The fraction of sp³-hybridized carbons (Fsp3) is 0.0952. The number of hydrogen-bond acceptors (Lipinski definition) is 6. The molecule has 0 atom stereocenters. The van der Waals surface area contributed by atoms with Gasteiger partial charge >= 0.3 is 0 Å². The summed E-state index contributed by atoms with van der Waals surface area (Å²) >= 11 is 2.67. The normalized spacial score (nSPS) is 10.9. The van der Waals surface area contributed by atoms with Gasteiger partial charge in [0.05, 0.1) is 16.8 Å². The number of rotatable bonds is 5. The Balaban J connectivity index is 1.64. The molecule has 1 amide bonds. The second kappa shape index (κ2) is 8.10. The first-order valence-electron chi connectivity index (χ1n) is 8.81. The van der Waals surface area contributed by atoms with E-state index in [0.29, 0.717) is 26.7 Å². The molecule has 0 spiro atoms. The largest absolute Gasteiger partial charge is 0.508 e. The second-order valence-electron chi connectivity index (χ2n) is 6.33. The Labute approximate surface area is 174 Å². The van der Waals surface area contributed by atoms with Crippen molar-refractivity contribution in [3.05, 3.63) is 75.9 Å². The molecule has 0 fully saturated rings. The quantitative estimate of drug-likeness (QED) is 0.286. The summed E-state index contributed by atoms with van der Waals surface area (Å²) in [5.74, 6) is 0.000679. The minimum Gasteiger partial charge on any atom is -0.508 e. The van der Waals surface area contributed by atoms with Gasteiger partial charge in [0.25, 0.3) is 5.56 Å². The molecule has 8 heteroatoms. The van der Waals surface area contributed by atoms with E-state index in [1.165, 1.54) is 35.2 Å². The number of phenolic OH excluding ortho intramolecular Hbond substituents is 1. The maximum atomic E-state index is 13.1. The van der Waals surface area contributed by atoms with Gasteiger partial charge in [-0.2, -0.15) is 0 Å². The first kappa shape index (κ1) is 19.2. The highest BCUT2D eigenvalue weighted by Gasteiger charge is 2.16. The summed E-state index contributed by atoms with van der Waals surface area (Å²) in [7, 11) is 0. The zero-order valence-electron chi connectivity index (χ0n) is 15.5. The maximum absolute atomic E-state index is 13.1. The molecule has 6 nitrogen and oxygen atoms in total. The number of aromatic hydroxyl groups is 1. The minimum atomic E-state index is -0.225. The summed E-state index contributed by atoms with van der Waals surface area (Å²) in [5.41, 5.74) is 1.15. The van der Waals surface area contributed by atoms with Gasteiger partial charge in [-0.3, -0.25) is 14.2 Å². The molecule has 0 aliphatic carbocycles. The van der Waals surface area contributed by atoms with Crippen LogP contribution in [-0.4, -0.2) is 26.3 Å². The third-order valence-corrected chi connectivity index (χ3v) is 6.04. The molecule has 4 aromatic rings. The van der Waals surface area contributed by atoms with E-state index in [2.05, 4.69) is 10.3 Å². The highest BCUT2D eigenvalue weighted by Crippen LogP contribution is 2.26. The maximum Gasteiger partial charge on any atom is 0.267 e. The van der Waals surface area contributed by atoms with Gasteiger partial charge in [-0.15, -0.1) is 11.3 Å². The average Bonchev–Trinajstić information content (AvgIpc) is 3.09. The third-order valence-electron chi connectivity index (χ3n) is 4.16. The zero-order valence-corrected chi connectivity index (χ0v) is 17.1. The number of fused-ring (bicyclic) bond motifs is 1. The number of amides is 1. The summed E-state index contributed by atoms with van der Waals surface area (Å²) in [6, 6.07) is 17.4. The van der Waals surface area contributed by atoms with Gasteiger partial charge in [0.1, 0.15) is 10.6 Å². The lowest BCUT2D eigenvalue weighted by molar-refractivity contribution is -0.113. The van der Waals surface area contributed by atoms with Crippen molar-refractivity contribution in [2.24, 2.45) is 0 Å². The van der Waals surface area contributed by atoms with Crippen molar-refractivity contribution in [1.29, 1.82) is 0 Å². The molecular weight excluding hydrogens is 406 g/mol. The van der Waals surface area contributed by atoms with Gasteiger partial charge in [-0.05, 0) is 49.4 Å². The summed E-state index contributed by atoms with van der Waals surface area (Å²) in [6.45, 7) is 1.94. The smallest absolute Gasteiger partial charge is 0.267 e. The Morgan fingerprint density at radius 1 is 1.17 bits per heavy atom. The number of hydrogen-bond donors (Lipinski definition) is 2. The first-order chi connectivity index (χ1) is 14.0. The monoisotopic (exact) mass is 423 g/mol. The number of benzene rings is 2. The molecule has 2 N–H and O–H groups in total. The molecule has 0 aliphatic rings. The summed E-state index contributed by atoms with van der Waals surface area (Å²) < 4.78 is 1.55. The number of aryl methyl sites for hydroxylation is 1. The SMILES string of the molecule is Cc1cc2c(=O)n(-c3ccccc3)c(SCC(=O)Nc3ccc(O)cc3)nc2s1. The Bertz CT molecular complexity index is 1230. The number of carbonyl (C=O) groups excluding carboxylic acids is 1. The molecule has 2 aromatic heterocycles. The fourth-order valence-corrected chi connectivity index (χ4v) is 4.59. The van der Waals surface area contributed by atoms with Crippen molar-refractivity contribution in [3.8, 4) is 11.4 Å². The molecule has 0 radical (unpaired) electrons. The highest BCUT2D eigenvalue weighted by atomic mass is 32.2. The van der Waals surface area contributed by atoms with Crippen molar-refractivity contribution in [2.75, 3.05) is 11.1 Å². The van der Waals surface area contributed by atoms with Crippen molar-refractivity contribution in [3.63, 3.8) is 0 Å². The van der Waals surface area contributed by atoms with Crippen LogP contribution >= 0.6 is 23.1 Å². The lowest BCUT2D eigenvalue weighted by Gasteiger charge is -2.12. The fourth-order valence-electron chi connectivity index (χ4n) is 2.86. The molecule has 0 saturated heterocycles. The summed E-state index contributed by atoms with van der Waals surface area (Å²) in [4.78, 5) is 31.8. The van der Waals surface area contributed by atoms with Crippen LogP contribution in [0.25, 0.3) is 15.9 Å². The van der Waals surface area contributed by atoms with Crippen LogP contribution in [0, 0.1) is 6.92 Å². The number of anilines is 1. The number of carbonyl (C=O) groups is 1. The molecule has 146 valence electrons. The molecule has 0 saturated carbocycles. The molecule has 29 heavy (non-hydrogen) atoms.